The van der Waals surface area contributed by atoms with E-state index < -0.39 is 10.0 Å². The zero-order chi connectivity index (χ0) is 15.3. The van der Waals surface area contributed by atoms with E-state index in [4.69, 9.17) is 0 Å². The van der Waals surface area contributed by atoms with Crippen LogP contribution in [-0.4, -0.2) is 14.5 Å². The molecule has 4 heteroatoms. The van der Waals surface area contributed by atoms with Crippen LogP contribution in [0.5, 0.6) is 0 Å². The summed E-state index contributed by atoms with van der Waals surface area (Å²) in [6, 6.07) is 5.71. The van der Waals surface area contributed by atoms with Gasteiger partial charge < -0.3 is 0 Å². The van der Waals surface area contributed by atoms with Crippen molar-refractivity contribution >= 4 is 10.0 Å². The highest BCUT2D eigenvalue weighted by Crippen LogP contribution is 2.49. The second-order valence-corrected chi connectivity index (χ2v) is 9.25. The van der Waals surface area contributed by atoms with Crippen molar-refractivity contribution in [1.29, 1.82) is 0 Å². The molecule has 0 spiro atoms. The third kappa shape index (κ3) is 2.50. The molecule has 3 nitrogen and oxygen atoms in total. The van der Waals surface area contributed by atoms with Gasteiger partial charge in [0, 0.05) is 6.04 Å². The Morgan fingerprint density at radius 3 is 2.68 bits per heavy atom. The maximum Gasteiger partial charge on any atom is 0.240 e. The Bertz CT molecular complexity index is 682. The van der Waals surface area contributed by atoms with Gasteiger partial charge in [-0.05, 0) is 86.5 Å². The molecule has 0 aliphatic heterocycles. The largest absolute Gasteiger partial charge is 0.240 e. The smallest absolute Gasteiger partial charge is 0.208 e. The van der Waals surface area contributed by atoms with Crippen LogP contribution in [0.25, 0.3) is 0 Å². The Hall–Kier alpha value is -0.870. The van der Waals surface area contributed by atoms with Gasteiger partial charge in [-0.1, -0.05) is 12.5 Å². The third-order valence-electron chi connectivity index (χ3n) is 6.16. The standard InChI is InChI=1S/C18H25NO2S/c1-12(18-10-13-5-6-16(18)9-13)19-22(20,21)17-8-7-14-3-2-4-15(14)11-17/h7-8,11-13,16,18-19H,2-6,9-10H2,1H3. The van der Waals surface area contributed by atoms with Crippen LogP contribution in [0.1, 0.15) is 50.2 Å². The SMILES string of the molecule is CC(NS(=O)(=O)c1ccc2c(c1)CCC2)C1CC2CCC1C2. The van der Waals surface area contributed by atoms with Gasteiger partial charge in [0.15, 0.2) is 0 Å². The van der Waals surface area contributed by atoms with Gasteiger partial charge in [-0.3, -0.25) is 0 Å². The van der Waals surface area contributed by atoms with Crippen LogP contribution < -0.4 is 4.72 Å². The number of hydrogen-bond acceptors (Lipinski definition) is 2. The molecule has 2 fully saturated rings. The normalized spacial score (nSPS) is 31.4. The molecule has 3 aliphatic rings. The summed E-state index contributed by atoms with van der Waals surface area (Å²) in [5, 5.41) is 0. The molecule has 22 heavy (non-hydrogen) atoms. The number of aryl methyl sites for hydroxylation is 2. The van der Waals surface area contributed by atoms with E-state index in [2.05, 4.69) is 11.6 Å². The van der Waals surface area contributed by atoms with Crippen LogP contribution in [0.15, 0.2) is 23.1 Å². The summed E-state index contributed by atoms with van der Waals surface area (Å²) in [6.45, 7) is 2.05. The maximum atomic E-state index is 12.7. The van der Waals surface area contributed by atoms with Gasteiger partial charge in [0.2, 0.25) is 10.0 Å². The molecule has 0 aromatic heterocycles. The van der Waals surface area contributed by atoms with Crippen LogP contribution in [-0.2, 0) is 22.9 Å². The second kappa shape index (κ2) is 5.34. The number of fused-ring (bicyclic) bond motifs is 3. The van der Waals surface area contributed by atoms with Gasteiger partial charge in [0.25, 0.3) is 0 Å². The Morgan fingerprint density at radius 1 is 1.14 bits per heavy atom. The van der Waals surface area contributed by atoms with Crippen molar-refractivity contribution in [3.05, 3.63) is 29.3 Å². The first kappa shape index (κ1) is 14.7. The number of nitrogens with one attached hydrogen (secondary N) is 1. The molecule has 1 N–H and O–H groups in total. The van der Waals surface area contributed by atoms with E-state index >= 15 is 0 Å². The molecule has 1 aromatic rings. The average Bonchev–Trinajstić information content (AvgIpc) is 3.21. The van der Waals surface area contributed by atoms with Crippen molar-refractivity contribution in [2.24, 2.45) is 17.8 Å². The third-order valence-corrected chi connectivity index (χ3v) is 7.71. The molecule has 120 valence electrons. The van der Waals surface area contributed by atoms with Crippen molar-refractivity contribution in [2.45, 2.75) is 62.8 Å². The van der Waals surface area contributed by atoms with Crippen LogP contribution in [0.3, 0.4) is 0 Å². The summed E-state index contributed by atoms with van der Waals surface area (Å²) in [5.74, 6) is 2.12. The van der Waals surface area contributed by atoms with Crippen LogP contribution in [0.4, 0.5) is 0 Å². The Kier molecular flexibility index (Phi) is 3.57. The van der Waals surface area contributed by atoms with Gasteiger partial charge in [-0.2, -0.15) is 0 Å². The van der Waals surface area contributed by atoms with Gasteiger partial charge >= 0.3 is 0 Å². The van der Waals surface area contributed by atoms with Crippen molar-refractivity contribution in [1.82, 2.24) is 4.72 Å². The van der Waals surface area contributed by atoms with E-state index in [1.54, 1.807) is 6.07 Å². The molecule has 1 aromatic carbocycles. The minimum Gasteiger partial charge on any atom is -0.208 e. The van der Waals surface area contributed by atoms with Crippen molar-refractivity contribution in [3.8, 4) is 0 Å². The molecule has 0 saturated heterocycles. The lowest BCUT2D eigenvalue weighted by Crippen LogP contribution is -2.40. The van der Waals surface area contributed by atoms with Gasteiger partial charge in [-0.15, -0.1) is 0 Å². The highest BCUT2D eigenvalue weighted by Gasteiger charge is 2.42. The highest BCUT2D eigenvalue weighted by atomic mass is 32.2. The molecule has 2 bridgehead atoms. The Balaban J connectivity index is 1.51. The lowest BCUT2D eigenvalue weighted by Gasteiger charge is -2.28. The molecule has 4 unspecified atom stereocenters. The quantitative estimate of drug-likeness (QED) is 0.926. The van der Waals surface area contributed by atoms with E-state index in [9.17, 15) is 8.42 Å². The predicted octanol–water partition coefficient (Wildman–Crippen LogP) is 3.28. The summed E-state index contributed by atoms with van der Waals surface area (Å²) >= 11 is 0. The minimum atomic E-state index is -3.39. The molecule has 4 rings (SSSR count). The summed E-state index contributed by atoms with van der Waals surface area (Å²) in [6.07, 6.45) is 8.42. The monoisotopic (exact) mass is 319 g/mol. The summed E-state index contributed by atoms with van der Waals surface area (Å²) < 4.78 is 28.4. The predicted molar refractivity (Wildman–Crippen MR) is 87.2 cm³/mol. The zero-order valence-electron chi connectivity index (χ0n) is 13.2. The van der Waals surface area contributed by atoms with Gasteiger partial charge in [0.05, 0.1) is 4.90 Å². The zero-order valence-corrected chi connectivity index (χ0v) is 14.0. The number of hydrogen-bond donors (Lipinski definition) is 1. The molecule has 0 amide bonds. The van der Waals surface area contributed by atoms with E-state index in [1.807, 2.05) is 12.1 Å². The van der Waals surface area contributed by atoms with Crippen LogP contribution >= 0.6 is 0 Å². The number of benzene rings is 1. The summed E-state index contributed by atoms with van der Waals surface area (Å²) in [7, 11) is -3.39. The number of sulfonamides is 1. The molecule has 3 aliphatic carbocycles. The second-order valence-electron chi connectivity index (χ2n) is 7.53. The molecule has 2 saturated carbocycles. The molecular formula is C18H25NO2S. The van der Waals surface area contributed by atoms with Crippen LogP contribution in [0.2, 0.25) is 0 Å². The first-order chi connectivity index (χ1) is 10.5. The minimum absolute atomic E-state index is 0.0496. The topological polar surface area (TPSA) is 46.2 Å². The Morgan fingerprint density at radius 2 is 1.95 bits per heavy atom. The van der Waals surface area contributed by atoms with E-state index in [0.717, 1.165) is 31.1 Å². The average molecular weight is 319 g/mol. The molecular weight excluding hydrogens is 294 g/mol. The lowest BCUT2D eigenvalue weighted by atomic mass is 9.84. The highest BCUT2D eigenvalue weighted by molar-refractivity contribution is 7.89. The van der Waals surface area contributed by atoms with E-state index in [0.29, 0.717) is 10.8 Å². The number of rotatable bonds is 4. The Labute approximate surface area is 133 Å². The molecule has 0 heterocycles. The summed E-state index contributed by atoms with van der Waals surface area (Å²) in [4.78, 5) is 0.447. The van der Waals surface area contributed by atoms with E-state index in [-0.39, 0.29) is 6.04 Å². The lowest BCUT2D eigenvalue weighted by molar-refractivity contribution is 0.280. The van der Waals surface area contributed by atoms with Gasteiger partial charge in [-0.25, -0.2) is 13.1 Å². The molecule has 4 atom stereocenters. The van der Waals surface area contributed by atoms with Crippen molar-refractivity contribution in [2.75, 3.05) is 0 Å². The first-order valence-corrected chi connectivity index (χ1v) is 10.2. The van der Waals surface area contributed by atoms with Crippen molar-refractivity contribution in [3.63, 3.8) is 0 Å². The van der Waals surface area contributed by atoms with Crippen molar-refractivity contribution < 1.29 is 8.42 Å². The summed E-state index contributed by atoms with van der Waals surface area (Å²) in [5.41, 5.74) is 2.54. The van der Waals surface area contributed by atoms with Gasteiger partial charge in [0.1, 0.15) is 0 Å². The molecule has 0 radical (unpaired) electrons. The maximum absolute atomic E-state index is 12.7. The van der Waals surface area contributed by atoms with Crippen LogP contribution in [0, 0.1) is 17.8 Å². The fourth-order valence-corrected chi connectivity index (χ4v) is 6.37. The first-order valence-electron chi connectivity index (χ1n) is 8.67. The fourth-order valence-electron chi connectivity index (χ4n) is 5.02. The fraction of sp³-hybridized carbons (Fsp3) is 0.667. The van der Waals surface area contributed by atoms with E-state index in [1.165, 1.54) is 36.8 Å².